The maximum absolute atomic E-state index is 12.4. The summed E-state index contributed by atoms with van der Waals surface area (Å²) in [4.78, 5) is 24.6. The highest BCUT2D eigenvalue weighted by Gasteiger charge is 2.75. The molecule has 1 heterocycles. The quantitative estimate of drug-likeness (QED) is 0.485. The average molecular weight is 491 g/mol. The van der Waals surface area contributed by atoms with Crippen LogP contribution in [0, 0.1) is 5.92 Å². The number of carbonyl (C=O) groups excluding carboxylic acids is 2. The molecule has 3 rings (SSSR count). The Kier molecular flexibility index (Phi) is 4.59. The van der Waals surface area contributed by atoms with Crippen LogP contribution in [0.25, 0.3) is 0 Å². The maximum Gasteiger partial charge on any atom is 0.412 e. The third-order valence-electron chi connectivity index (χ3n) is 4.88. The molecule has 0 spiro atoms. The van der Waals surface area contributed by atoms with Gasteiger partial charge in [0, 0.05) is 16.9 Å². The van der Waals surface area contributed by atoms with Crippen LogP contribution in [0.2, 0.25) is 0 Å². The Balaban J connectivity index is 2.03. The van der Waals surface area contributed by atoms with Crippen LogP contribution in [0.15, 0.2) is 12.1 Å². The highest BCUT2D eigenvalue weighted by atomic mass is 79.9. The zero-order valence-corrected chi connectivity index (χ0v) is 18.4. The normalized spacial score (nSPS) is 25.3. The third kappa shape index (κ3) is 2.91. The number of carbonyl (C=O) groups is 2. The molecule has 1 fully saturated rings. The van der Waals surface area contributed by atoms with Crippen LogP contribution in [0.1, 0.15) is 43.6 Å². The number of esters is 1. The van der Waals surface area contributed by atoms with Gasteiger partial charge >= 0.3 is 12.1 Å². The number of halogens is 2. The van der Waals surface area contributed by atoms with E-state index >= 15 is 0 Å². The molecule has 2 unspecified atom stereocenters. The van der Waals surface area contributed by atoms with Crippen molar-refractivity contribution in [1.29, 1.82) is 0 Å². The molecule has 1 aromatic carbocycles. The molecule has 0 bridgehead atoms. The summed E-state index contributed by atoms with van der Waals surface area (Å²) in [6, 6.07) is 3.55. The lowest BCUT2D eigenvalue weighted by Crippen LogP contribution is -2.28. The summed E-state index contributed by atoms with van der Waals surface area (Å²) in [5, 5.41) is 2.63. The molecule has 1 N–H and O–H groups in total. The molecule has 1 amide bonds. The SMILES string of the molecule is COC(=O)c1c(NC(=O)OC(C)(C)C)ccc2c1OCC1C(Br)(Br)C21C. The monoisotopic (exact) mass is 489 g/mol. The van der Waals surface area contributed by atoms with Gasteiger partial charge in [0.15, 0.2) is 0 Å². The molecule has 2 aliphatic rings. The number of rotatable bonds is 2. The van der Waals surface area contributed by atoms with Gasteiger partial charge in [-0.05, 0) is 26.8 Å². The van der Waals surface area contributed by atoms with Crippen LogP contribution in [0.4, 0.5) is 10.5 Å². The molecule has 6 nitrogen and oxygen atoms in total. The number of fused-ring (bicyclic) bond motifs is 3. The number of hydrogen-bond donors (Lipinski definition) is 1. The van der Waals surface area contributed by atoms with Crippen LogP contribution in [-0.4, -0.2) is 34.6 Å². The van der Waals surface area contributed by atoms with E-state index in [1.807, 2.05) is 6.07 Å². The van der Waals surface area contributed by atoms with Gasteiger partial charge in [0.25, 0.3) is 0 Å². The van der Waals surface area contributed by atoms with Crippen molar-refractivity contribution >= 4 is 49.6 Å². The molecule has 1 aliphatic carbocycles. The fraction of sp³-hybridized carbons (Fsp3) is 0.556. The Morgan fingerprint density at radius 3 is 2.54 bits per heavy atom. The smallest absolute Gasteiger partial charge is 0.412 e. The van der Waals surface area contributed by atoms with Crippen molar-refractivity contribution in [2.45, 2.75) is 41.9 Å². The summed E-state index contributed by atoms with van der Waals surface area (Å²) >= 11 is 7.41. The minimum atomic E-state index is -0.652. The summed E-state index contributed by atoms with van der Waals surface area (Å²) in [5.74, 6) is 0.0907. The van der Waals surface area contributed by atoms with Gasteiger partial charge < -0.3 is 14.2 Å². The molecular weight excluding hydrogens is 470 g/mol. The highest BCUT2D eigenvalue weighted by Crippen LogP contribution is 2.74. The Morgan fingerprint density at radius 2 is 1.96 bits per heavy atom. The predicted molar refractivity (Wildman–Crippen MR) is 105 cm³/mol. The minimum absolute atomic E-state index is 0.193. The average Bonchev–Trinajstić information content (AvgIpc) is 2.97. The lowest BCUT2D eigenvalue weighted by atomic mass is 9.90. The first-order chi connectivity index (χ1) is 11.9. The first kappa shape index (κ1) is 19.5. The van der Waals surface area contributed by atoms with E-state index in [9.17, 15) is 9.59 Å². The number of alkyl halides is 2. The second-order valence-electron chi connectivity index (χ2n) is 7.67. The third-order valence-corrected chi connectivity index (χ3v) is 7.63. The van der Waals surface area contributed by atoms with Gasteiger partial charge in [0.1, 0.15) is 16.9 Å². The molecular formula is C18H21Br2NO5. The van der Waals surface area contributed by atoms with Crippen molar-refractivity contribution in [2.24, 2.45) is 5.92 Å². The van der Waals surface area contributed by atoms with E-state index in [4.69, 9.17) is 14.2 Å². The number of benzene rings is 1. The van der Waals surface area contributed by atoms with Gasteiger partial charge in [-0.15, -0.1) is 0 Å². The number of ether oxygens (including phenoxy) is 3. The van der Waals surface area contributed by atoms with Crippen LogP contribution in [-0.2, 0) is 14.9 Å². The van der Waals surface area contributed by atoms with Crippen LogP contribution in [0.5, 0.6) is 5.75 Å². The van der Waals surface area contributed by atoms with Crippen LogP contribution < -0.4 is 10.1 Å². The number of amides is 1. The Hall–Kier alpha value is -1.28. The molecule has 8 heteroatoms. The first-order valence-electron chi connectivity index (χ1n) is 8.20. The Labute approximate surface area is 169 Å². The fourth-order valence-electron chi connectivity index (χ4n) is 3.38. The molecule has 1 aromatic rings. The second-order valence-corrected chi connectivity index (χ2v) is 11.2. The Morgan fingerprint density at radius 1 is 1.31 bits per heavy atom. The molecule has 1 aliphatic heterocycles. The fourth-order valence-corrected chi connectivity index (χ4v) is 5.32. The zero-order valence-electron chi connectivity index (χ0n) is 15.2. The number of nitrogens with one attached hydrogen (secondary N) is 1. The second kappa shape index (κ2) is 6.12. The van der Waals surface area contributed by atoms with E-state index in [0.717, 1.165) is 5.56 Å². The lowest BCUT2D eigenvalue weighted by molar-refractivity contribution is 0.0595. The van der Waals surface area contributed by atoms with Crippen molar-refractivity contribution in [3.8, 4) is 5.75 Å². The minimum Gasteiger partial charge on any atom is -0.492 e. The zero-order chi connectivity index (χ0) is 19.5. The highest BCUT2D eigenvalue weighted by molar-refractivity contribution is 9.25. The molecule has 142 valence electrons. The molecule has 1 saturated carbocycles. The maximum atomic E-state index is 12.4. The molecule has 0 radical (unpaired) electrons. The van der Waals surface area contributed by atoms with E-state index in [1.54, 1.807) is 26.8 Å². The van der Waals surface area contributed by atoms with Crippen molar-refractivity contribution < 1.29 is 23.8 Å². The summed E-state index contributed by atoms with van der Waals surface area (Å²) in [7, 11) is 1.29. The van der Waals surface area contributed by atoms with Gasteiger partial charge in [-0.1, -0.05) is 44.8 Å². The first-order valence-corrected chi connectivity index (χ1v) is 9.78. The van der Waals surface area contributed by atoms with E-state index in [-0.39, 0.29) is 20.1 Å². The summed E-state index contributed by atoms with van der Waals surface area (Å²) in [6.07, 6.45) is -0.649. The largest absolute Gasteiger partial charge is 0.492 e. The lowest BCUT2D eigenvalue weighted by Gasteiger charge is -2.26. The van der Waals surface area contributed by atoms with Crippen molar-refractivity contribution in [3.05, 3.63) is 23.3 Å². The summed E-state index contributed by atoms with van der Waals surface area (Å²) < 4.78 is 15.8. The summed E-state index contributed by atoms with van der Waals surface area (Å²) in [5.41, 5.74) is 0.493. The summed E-state index contributed by atoms with van der Waals surface area (Å²) in [6.45, 7) is 7.85. The topological polar surface area (TPSA) is 73.9 Å². The number of hydrogen-bond acceptors (Lipinski definition) is 5. The Bertz CT molecular complexity index is 787. The van der Waals surface area contributed by atoms with Crippen molar-refractivity contribution in [1.82, 2.24) is 0 Å². The number of anilines is 1. The standard InChI is InChI=1S/C18H21Br2NO5/c1-16(2,3)26-15(23)21-10-7-6-9-13(12(10)14(22)24-5)25-8-11-17(9,4)18(11,19)20/h6-7,11H,8H2,1-5H3,(H,21,23). The van der Waals surface area contributed by atoms with Crippen molar-refractivity contribution in [2.75, 3.05) is 19.0 Å². The predicted octanol–water partition coefficient (Wildman–Crippen LogP) is 4.59. The molecule has 26 heavy (non-hydrogen) atoms. The van der Waals surface area contributed by atoms with Crippen molar-refractivity contribution in [3.63, 3.8) is 0 Å². The van der Waals surface area contributed by atoms with Gasteiger partial charge in [0.2, 0.25) is 0 Å². The van der Waals surface area contributed by atoms with E-state index < -0.39 is 17.7 Å². The van der Waals surface area contributed by atoms with Gasteiger partial charge in [-0.25, -0.2) is 9.59 Å². The molecule has 0 aromatic heterocycles. The number of methoxy groups -OCH3 is 1. The van der Waals surface area contributed by atoms with E-state index in [2.05, 4.69) is 44.1 Å². The van der Waals surface area contributed by atoms with Crippen LogP contribution >= 0.6 is 31.9 Å². The van der Waals surface area contributed by atoms with E-state index in [0.29, 0.717) is 18.0 Å². The van der Waals surface area contributed by atoms with Gasteiger partial charge in [-0.3, -0.25) is 5.32 Å². The molecule has 0 saturated heterocycles. The van der Waals surface area contributed by atoms with Gasteiger partial charge in [-0.2, -0.15) is 0 Å². The van der Waals surface area contributed by atoms with Gasteiger partial charge in [0.05, 0.1) is 22.6 Å². The van der Waals surface area contributed by atoms with E-state index in [1.165, 1.54) is 7.11 Å². The molecule has 2 atom stereocenters. The van der Waals surface area contributed by atoms with Crippen LogP contribution in [0.3, 0.4) is 0 Å².